The highest BCUT2D eigenvalue weighted by Gasteiger charge is 2.08. The van der Waals surface area contributed by atoms with Gasteiger partial charge in [-0.15, -0.1) is 0 Å². The summed E-state index contributed by atoms with van der Waals surface area (Å²) in [6, 6.07) is 3.77. The lowest BCUT2D eigenvalue weighted by Gasteiger charge is -2.05. The number of hydrogen-bond acceptors (Lipinski definition) is 2. The van der Waals surface area contributed by atoms with E-state index in [0.717, 1.165) is 11.2 Å². The summed E-state index contributed by atoms with van der Waals surface area (Å²) in [6.45, 7) is 4.20. The van der Waals surface area contributed by atoms with Gasteiger partial charge in [0.05, 0.1) is 11.2 Å². The van der Waals surface area contributed by atoms with Crippen LogP contribution in [0.5, 0.6) is 0 Å². The van der Waals surface area contributed by atoms with Gasteiger partial charge >= 0.3 is 0 Å². The Morgan fingerprint density at radius 2 is 2.15 bits per heavy atom. The second kappa shape index (κ2) is 3.00. The number of hydrogen-bond donors (Lipinski definition) is 0. The topological polar surface area (TPSA) is 30.2 Å². The van der Waals surface area contributed by atoms with E-state index in [1.54, 1.807) is 4.52 Å². The Bertz CT molecular complexity index is 433. The highest BCUT2D eigenvalue weighted by atomic mass is 35.5. The molecule has 2 heterocycles. The van der Waals surface area contributed by atoms with Crippen LogP contribution >= 0.6 is 11.6 Å². The minimum atomic E-state index is 0.386. The van der Waals surface area contributed by atoms with E-state index >= 15 is 0 Å². The van der Waals surface area contributed by atoms with Crippen molar-refractivity contribution < 1.29 is 0 Å². The summed E-state index contributed by atoms with van der Waals surface area (Å²) in [6.07, 6.45) is 1.54. The predicted molar refractivity (Wildman–Crippen MR) is 52.1 cm³/mol. The first-order valence-corrected chi connectivity index (χ1v) is 4.56. The first kappa shape index (κ1) is 8.51. The Kier molecular flexibility index (Phi) is 1.96. The number of aromatic nitrogens is 3. The van der Waals surface area contributed by atoms with E-state index in [1.165, 1.54) is 6.33 Å². The van der Waals surface area contributed by atoms with Crippen LogP contribution in [0.1, 0.15) is 25.5 Å². The first-order chi connectivity index (χ1) is 6.20. The van der Waals surface area contributed by atoms with Gasteiger partial charge in [-0.2, -0.15) is 5.10 Å². The van der Waals surface area contributed by atoms with E-state index in [4.69, 9.17) is 11.6 Å². The first-order valence-electron chi connectivity index (χ1n) is 4.18. The summed E-state index contributed by atoms with van der Waals surface area (Å²) < 4.78 is 1.70. The van der Waals surface area contributed by atoms with Gasteiger partial charge in [0.2, 0.25) is 0 Å². The second-order valence-corrected chi connectivity index (χ2v) is 3.64. The summed E-state index contributed by atoms with van der Waals surface area (Å²) >= 11 is 5.92. The van der Waals surface area contributed by atoms with Gasteiger partial charge in [0.15, 0.2) is 0 Å². The second-order valence-electron chi connectivity index (χ2n) is 3.25. The third kappa shape index (κ3) is 1.29. The molecule has 0 N–H and O–H groups in total. The molecule has 13 heavy (non-hydrogen) atoms. The van der Waals surface area contributed by atoms with E-state index < -0.39 is 0 Å². The summed E-state index contributed by atoms with van der Waals surface area (Å²) in [4.78, 5) is 4.23. The fourth-order valence-corrected chi connectivity index (χ4v) is 1.56. The maximum absolute atomic E-state index is 5.92. The molecule has 2 aromatic heterocycles. The maximum atomic E-state index is 5.92. The average Bonchev–Trinajstić information content (AvgIpc) is 2.48. The number of nitrogens with zero attached hydrogens (tertiary/aromatic N) is 3. The van der Waals surface area contributed by atoms with Crippen LogP contribution in [0, 0.1) is 0 Å². The van der Waals surface area contributed by atoms with Crippen LogP contribution in [0.3, 0.4) is 0 Å². The molecule has 68 valence electrons. The smallest absolute Gasteiger partial charge is 0.136 e. The maximum Gasteiger partial charge on any atom is 0.136 e. The molecule has 4 heteroatoms. The third-order valence-corrected chi connectivity index (χ3v) is 2.27. The highest BCUT2D eigenvalue weighted by Crippen LogP contribution is 2.20. The van der Waals surface area contributed by atoms with Crippen LogP contribution < -0.4 is 0 Å². The molecule has 0 saturated carbocycles. The van der Waals surface area contributed by atoms with Crippen molar-refractivity contribution in [2.75, 3.05) is 0 Å². The van der Waals surface area contributed by atoms with Gasteiger partial charge in [0, 0.05) is 0 Å². The molecular weight excluding hydrogens is 186 g/mol. The molecule has 2 aromatic rings. The zero-order valence-electron chi connectivity index (χ0n) is 7.53. The molecule has 0 aliphatic heterocycles. The Labute approximate surface area is 81.4 Å². The summed E-state index contributed by atoms with van der Waals surface area (Å²) in [5, 5.41) is 4.68. The van der Waals surface area contributed by atoms with Crippen LogP contribution in [0.15, 0.2) is 18.5 Å². The zero-order chi connectivity index (χ0) is 9.42. The van der Waals surface area contributed by atoms with Gasteiger partial charge in [-0.3, -0.25) is 0 Å². The molecule has 0 unspecified atom stereocenters. The van der Waals surface area contributed by atoms with E-state index in [1.807, 2.05) is 12.1 Å². The van der Waals surface area contributed by atoms with Crippen molar-refractivity contribution in [3.8, 4) is 0 Å². The molecule has 0 fully saturated rings. The lowest BCUT2D eigenvalue weighted by molar-refractivity contribution is 0.786. The van der Waals surface area contributed by atoms with E-state index in [2.05, 4.69) is 23.9 Å². The van der Waals surface area contributed by atoms with E-state index in [-0.39, 0.29) is 0 Å². The molecule has 0 aliphatic rings. The van der Waals surface area contributed by atoms with Crippen LogP contribution in [0.4, 0.5) is 0 Å². The minimum Gasteiger partial charge on any atom is -0.237 e. The summed E-state index contributed by atoms with van der Waals surface area (Å²) in [7, 11) is 0. The van der Waals surface area contributed by atoms with Crippen LogP contribution in [-0.2, 0) is 0 Å². The van der Waals surface area contributed by atoms with Gasteiger partial charge in [-0.25, -0.2) is 9.50 Å². The van der Waals surface area contributed by atoms with Crippen molar-refractivity contribution >= 4 is 17.1 Å². The fourth-order valence-electron chi connectivity index (χ4n) is 1.37. The Morgan fingerprint density at radius 1 is 1.38 bits per heavy atom. The molecule has 0 aliphatic carbocycles. The highest BCUT2D eigenvalue weighted by molar-refractivity contribution is 6.29. The predicted octanol–water partition coefficient (Wildman–Crippen LogP) is 2.51. The SMILES string of the molecule is CC(C)c1ncnn2c(Cl)ccc12. The lowest BCUT2D eigenvalue weighted by Crippen LogP contribution is -2.00. The molecule has 0 amide bonds. The normalized spacial score (nSPS) is 11.4. The Hall–Kier alpha value is -1.09. The van der Waals surface area contributed by atoms with E-state index in [0.29, 0.717) is 11.1 Å². The van der Waals surface area contributed by atoms with Gasteiger partial charge in [0.25, 0.3) is 0 Å². The number of halogens is 1. The van der Waals surface area contributed by atoms with Gasteiger partial charge in [-0.05, 0) is 18.1 Å². The van der Waals surface area contributed by atoms with Crippen LogP contribution in [-0.4, -0.2) is 14.6 Å². The summed E-state index contributed by atoms with van der Waals surface area (Å²) in [5.74, 6) is 0.386. The molecule has 0 spiro atoms. The van der Waals surface area contributed by atoms with Crippen molar-refractivity contribution in [3.63, 3.8) is 0 Å². The fraction of sp³-hybridized carbons (Fsp3) is 0.333. The Balaban J connectivity index is 2.77. The standard InChI is InChI=1S/C9H10ClN3/c1-6(2)9-7-3-4-8(10)13(7)12-5-11-9/h3-6H,1-2H3. The van der Waals surface area contributed by atoms with Crippen molar-refractivity contribution in [3.05, 3.63) is 29.3 Å². The minimum absolute atomic E-state index is 0.386. The third-order valence-electron chi connectivity index (χ3n) is 1.98. The molecule has 0 radical (unpaired) electrons. The van der Waals surface area contributed by atoms with Crippen molar-refractivity contribution in [1.29, 1.82) is 0 Å². The monoisotopic (exact) mass is 195 g/mol. The number of rotatable bonds is 1. The lowest BCUT2D eigenvalue weighted by atomic mass is 10.1. The largest absolute Gasteiger partial charge is 0.237 e. The zero-order valence-corrected chi connectivity index (χ0v) is 8.28. The quantitative estimate of drug-likeness (QED) is 0.700. The van der Waals surface area contributed by atoms with Gasteiger partial charge in [0.1, 0.15) is 11.5 Å². The molecule has 0 aromatic carbocycles. The van der Waals surface area contributed by atoms with E-state index in [9.17, 15) is 0 Å². The molecule has 2 rings (SSSR count). The van der Waals surface area contributed by atoms with Gasteiger partial charge in [-0.1, -0.05) is 25.4 Å². The van der Waals surface area contributed by atoms with Crippen molar-refractivity contribution in [2.45, 2.75) is 19.8 Å². The molecular formula is C9H10ClN3. The molecule has 3 nitrogen and oxygen atoms in total. The molecule has 0 saturated heterocycles. The van der Waals surface area contributed by atoms with Crippen LogP contribution in [0.25, 0.3) is 5.52 Å². The number of fused-ring (bicyclic) bond motifs is 1. The Morgan fingerprint density at radius 3 is 2.85 bits per heavy atom. The van der Waals surface area contributed by atoms with Gasteiger partial charge < -0.3 is 0 Å². The molecule has 0 atom stereocenters. The average molecular weight is 196 g/mol. The van der Waals surface area contributed by atoms with Crippen LogP contribution in [0.2, 0.25) is 5.15 Å². The molecule has 0 bridgehead atoms. The van der Waals surface area contributed by atoms with Crippen molar-refractivity contribution in [1.82, 2.24) is 14.6 Å². The summed E-state index contributed by atoms with van der Waals surface area (Å²) in [5.41, 5.74) is 2.02. The van der Waals surface area contributed by atoms with Crippen molar-refractivity contribution in [2.24, 2.45) is 0 Å².